The average molecular weight is 223 g/mol. The fourth-order valence-corrected chi connectivity index (χ4v) is 1.50. The Kier molecular flexibility index (Phi) is 3.77. The summed E-state index contributed by atoms with van der Waals surface area (Å²) in [5.74, 6) is -3.57. The van der Waals surface area contributed by atoms with Gasteiger partial charge in [0.15, 0.2) is 11.6 Å². The Morgan fingerprint density at radius 1 is 1.43 bits per heavy atom. The van der Waals surface area contributed by atoms with Crippen molar-refractivity contribution in [1.82, 2.24) is 4.98 Å². The summed E-state index contributed by atoms with van der Waals surface area (Å²) in [7, 11) is 0. The zero-order valence-electron chi connectivity index (χ0n) is 7.30. The predicted molar refractivity (Wildman–Crippen MR) is 46.5 cm³/mol. The normalized spacial score (nSPS) is 12.9. The van der Waals surface area contributed by atoms with Crippen LogP contribution in [0.15, 0.2) is 11.1 Å². The summed E-state index contributed by atoms with van der Waals surface area (Å²) in [6.45, 7) is 1.43. The molecule has 1 atom stereocenters. The molecule has 1 aromatic rings. The molecule has 14 heavy (non-hydrogen) atoms. The van der Waals surface area contributed by atoms with Crippen molar-refractivity contribution in [2.75, 3.05) is 6.61 Å². The van der Waals surface area contributed by atoms with Gasteiger partial charge in [0.1, 0.15) is 5.03 Å². The second-order valence-electron chi connectivity index (χ2n) is 2.66. The molecule has 0 bridgehead atoms. The molecule has 0 saturated carbocycles. The molecule has 78 valence electrons. The molecule has 2 nitrogen and oxygen atoms in total. The summed E-state index contributed by atoms with van der Waals surface area (Å²) in [5.41, 5.74) is 0. The van der Waals surface area contributed by atoms with E-state index in [-0.39, 0.29) is 16.9 Å². The third-order valence-electron chi connectivity index (χ3n) is 1.42. The molecule has 0 amide bonds. The van der Waals surface area contributed by atoms with Crippen LogP contribution in [0.1, 0.15) is 6.92 Å². The van der Waals surface area contributed by atoms with E-state index in [1.165, 1.54) is 0 Å². The monoisotopic (exact) mass is 223 g/mol. The van der Waals surface area contributed by atoms with Gasteiger partial charge in [0.2, 0.25) is 5.95 Å². The van der Waals surface area contributed by atoms with Gasteiger partial charge in [-0.05, 0) is 0 Å². The smallest absolute Gasteiger partial charge is 0.250 e. The van der Waals surface area contributed by atoms with Crippen molar-refractivity contribution in [2.24, 2.45) is 0 Å². The second-order valence-corrected chi connectivity index (χ2v) is 4.09. The van der Waals surface area contributed by atoms with Gasteiger partial charge >= 0.3 is 0 Å². The van der Waals surface area contributed by atoms with E-state index in [4.69, 9.17) is 5.11 Å². The van der Waals surface area contributed by atoms with E-state index in [0.717, 1.165) is 11.8 Å². The van der Waals surface area contributed by atoms with Crippen LogP contribution >= 0.6 is 11.8 Å². The van der Waals surface area contributed by atoms with Gasteiger partial charge in [-0.15, -0.1) is 0 Å². The fraction of sp³-hybridized carbons (Fsp3) is 0.375. The maximum absolute atomic E-state index is 13.0. The minimum absolute atomic E-state index is 0.190. The van der Waals surface area contributed by atoms with E-state index in [1.54, 1.807) is 6.92 Å². The van der Waals surface area contributed by atoms with Crippen molar-refractivity contribution in [3.8, 4) is 0 Å². The van der Waals surface area contributed by atoms with Crippen LogP contribution in [0, 0.1) is 17.6 Å². The summed E-state index contributed by atoms with van der Waals surface area (Å²) in [6, 6.07) is 0.439. The van der Waals surface area contributed by atoms with Crippen molar-refractivity contribution in [3.05, 3.63) is 23.6 Å². The van der Waals surface area contributed by atoms with E-state index in [0.29, 0.717) is 6.07 Å². The number of nitrogens with zero attached hydrogens (tertiary/aromatic N) is 1. The summed E-state index contributed by atoms with van der Waals surface area (Å²) in [4.78, 5) is 3.10. The van der Waals surface area contributed by atoms with Gasteiger partial charge in [0.25, 0.3) is 0 Å². The van der Waals surface area contributed by atoms with Crippen molar-refractivity contribution in [1.29, 1.82) is 0 Å². The molecular formula is C8H8F3NOS. The Morgan fingerprint density at radius 3 is 2.64 bits per heavy atom. The topological polar surface area (TPSA) is 33.1 Å². The van der Waals surface area contributed by atoms with E-state index >= 15 is 0 Å². The molecule has 1 heterocycles. The van der Waals surface area contributed by atoms with E-state index in [9.17, 15) is 13.2 Å². The molecule has 0 radical (unpaired) electrons. The third kappa shape index (κ3) is 2.62. The summed E-state index contributed by atoms with van der Waals surface area (Å²) in [6.07, 6.45) is 0. The first kappa shape index (κ1) is 11.3. The van der Waals surface area contributed by atoms with Crippen LogP contribution in [-0.2, 0) is 0 Å². The largest absolute Gasteiger partial charge is 0.395 e. The molecule has 1 N–H and O–H groups in total. The van der Waals surface area contributed by atoms with Crippen LogP contribution < -0.4 is 0 Å². The quantitative estimate of drug-likeness (QED) is 0.628. The first-order valence-electron chi connectivity index (χ1n) is 3.83. The molecule has 0 aliphatic carbocycles. The van der Waals surface area contributed by atoms with Gasteiger partial charge in [0.05, 0.1) is 6.61 Å². The molecular weight excluding hydrogens is 215 g/mol. The lowest BCUT2D eigenvalue weighted by molar-refractivity contribution is 0.300. The van der Waals surface area contributed by atoms with Crippen LogP contribution in [0.4, 0.5) is 13.2 Å². The van der Waals surface area contributed by atoms with Crippen LogP contribution in [0.5, 0.6) is 0 Å². The molecule has 0 aromatic carbocycles. The highest BCUT2D eigenvalue weighted by Gasteiger charge is 2.14. The lowest BCUT2D eigenvalue weighted by Gasteiger charge is -2.07. The minimum Gasteiger partial charge on any atom is -0.395 e. The van der Waals surface area contributed by atoms with Gasteiger partial charge in [-0.1, -0.05) is 18.7 Å². The Morgan fingerprint density at radius 2 is 2.07 bits per heavy atom. The fourth-order valence-electron chi connectivity index (χ4n) is 0.739. The highest BCUT2D eigenvalue weighted by Crippen LogP contribution is 2.24. The van der Waals surface area contributed by atoms with Crippen molar-refractivity contribution >= 4 is 11.8 Å². The molecule has 0 fully saturated rings. The van der Waals surface area contributed by atoms with Gasteiger partial charge in [-0.25, -0.2) is 13.8 Å². The predicted octanol–water partition coefficient (Wildman–Crippen LogP) is 1.97. The van der Waals surface area contributed by atoms with Crippen LogP contribution in [-0.4, -0.2) is 21.9 Å². The Labute approximate surface area is 83.2 Å². The van der Waals surface area contributed by atoms with Crippen LogP contribution in [0.2, 0.25) is 0 Å². The van der Waals surface area contributed by atoms with Gasteiger partial charge in [-0.2, -0.15) is 4.39 Å². The standard InChI is InChI=1S/C8H8F3NOS/c1-4(3-13)14-8-6(10)2-5(9)7(11)12-8/h2,4,13H,3H2,1H3. The van der Waals surface area contributed by atoms with Crippen molar-refractivity contribution < 1.29 is 18.3 Å². The van der Waals surface area contributed by atoms with Crippen molar-refractivity contribution in [2.45, 2.75) is 17.2 Å². The molecule has 1 rings (SSSR count). The number of hydrogen-bond acceptors (Lipinski definition) is 3. The Hall–Kier alpha value is -0.750. The first-order chi connectivity index (χ1) is 6.54. The SMILES string of the molecule is CC(CO)Sc1nc(F)c(F)cc1F. The number of rotatable bonds is 3. The zero-order chi connectivity index (χ0) is 10.7. The van der Waals surface area contributed by atoms with Gasteiger partial charge in [0, 0.05) is 11.3 Å². The van der Waals surface area contributed by atoms with E-state index < -0.39 is 17.6 Å². The number of thioether (sulfide) groups is 1. The summed E-state index contributed by atoms with van der Waals surface area (Å²) >= 11 is 0.850. The minimum atomic E-state index is -1.33. The first-order valence-corrected chi connectivity index (χ1v) is 4.71. The second kappa shape index (κ2) is 4.65. The lowest BCUT2D eigenvalue weighted by atomic mass is 10.4. The molecule has 1 aromatic heterocycles. The highest BCUT2D eigenvalue weighted by molar-refractivity contribution is 7.99. The number of halogens is 3. The Balaban J connectivity index is 2.92. The molecule has 0 spiro atoms. The number of pyridine rings is 1. The van der Waals surface area contributed by atoms with Gasteiger partial charge in [-0.3, -0.25) is 0 Å². The number of aromatic nitrogens is 1. The number of hydrogen-bond donors (Lipinski definition) is 1. The number of aliphatic hydroxyl groups excluding tert-OH is 1. The maximum atomic E-state index is 13.0. The maximum Gasteiger partial charge on any atom is 0.250 e. The summed E-state index contributed by atoms with van der Waals surface area (Å²) < 4.78 is 38.0. The number of aliphatic hydroxyl groups is 1. The Bertz CT molecular complexity index is 335. The van der Waals surface area contributed by atoms with Gasteiger partial charge < -0.3 is 5.11 Å². The highest BCUT2D eigenvalue weighted by atomic mass is 32.2. The molecule has 0 aliphatic heterocycles. The molecule has 6 heteroatoms. The average Bonchev–Trinajstić information content (AvgIpc) is 2.14. The lowest BCUT2D eigenvalue weighted by Crippen LogP contribution is -2.05. The van der Waals surface area contributed by atoms with Crippen LogP contribution in [0.25, 0.3) is 0 Å². The molecule has 0 aliphatic rings. The zero-order valence-corrected chi connectivity index (χ0v) is 8.11. The van der Waals surface area contributed by atoms with Crippen molar-refractivity contribution in [3.63, 3.8) is 0 Å². The molecule has 1 unspecified atom stereocenters. The van der Waals surface area contributed by atoms with E-state index in [1.807, 2.05) is 0 Å². The summed E-state index contributed by atoms with van der Waals surface area (Å²) in [5, 5.41) is 8.11. The molecule has 0 saturated heterocycles. The van der Waals surface area contributed by atoms with E-state index in [2.05, 4.69) is 4.98 Å². The van der Waals surface area contributed by atoms with Crippen LogP contribution in [0.3, 0.4) is 0 Å². The third-order valence-corrected chi connectivity index (χ3v) is 2.49.